The Labute approximate surface area is 166 Å². The fourth-order valence-electron chi connectivity index (χ4n) is 2.65. The summed E-state index contributed by atoms with van der Waals surface area (Å²) in [5.74, 6) is -0.387. The van der Waals surface area contributed by atoms with E-state index >= 15 is 0 Å². The lowest BCUT2D eigenvalue weighted by molar-refractivity contribution is -0.134. The Bertz CT molecular complexity index is 1180. The van der Waals surface area contributed by atoms with Gasteiger partial charge in [0.2, 0.25) is 0 Å². The van der Waals surface area contributed by atoms with E-state index in [1.165, 1.54) is 52.0 Å². The van der Waals surface area contributed by atoms with Crippen molar-refractivity contribution in [2.75, 3.05) is 26.1 Å². The molecule has 1 heterocycles. The van der Waals surface area contributed by atoms with Gasteiger partial charge < -0.3 is 18.6 Å². The molecule has 152 valence electrons. The van der Waals surface area contributed by atoms with E-state index in [4.69, 9.17) is 13.9 Å². The van der Waals surface area contributed by atoms with E-state index in [1.807, 2.05) is 0 Å². The van der Waals surface area contributed by atoms with Crippen LogP contribution in [0.15, 0.2) is 52.1 Å². The van der Waals surface area contributed by atoms with Crippen molar-refractivity contribution in [1.29, 1.82) is 0 Å². The van der Waals surface area contributed by atoms with E-state index < -0.39 is 16.0 Å². The molecule has 29 heavy (non-hydrogen) atoms. The fraction of sp³-hybridized carbons (Fsp3) is 0.158. The number of carbonyl (C=O) groups is 1. The number of hydrogen-bond donors (Lipinski definition) is 1. The number of oxazole rings is 1. The van der Waals surface area contributed by atoms with Gasteiger partial charge in [-0.05, 0) is 35.9 Å². The maximum Gasteiger partial charge on any atom is 0.330 e. The highest BCUT2D eigenvalue weighted by Crippen LogP contribution is 2.37. The molecule has 0 aliphatic carbocycles. The van der Waals surface area contributed by atoms with Gasteiger partial charge in [0.1, 0.15) is 10.4 Å². The minimum absolute atomic E-state index is 0.0162. The highest BCUT2D eigenvalue weighted by atomic mass is 32.2. The molecule has 0 aliphatic heterocycles. The summed E-state index contributed by atoms with van der Waals surface area (Å²) in [6.45, 7) is 0. The smallest absolute Gasteiger partial charge is 0.330 e. The van der Waals surface area contributed by atoms with Gasteiger partial charge in [-0.25, -0.2) is 18.2 Å². The predicted molar refractivity (Wildman–Crippen MR) is 105 cm³/mol. The van der Waals surface area contributed by atoms with E-state index in [9.17, 15) is 13.2 Å². The number of aromatic nitrogens is 1. The Morgan fingerprint density at radius 1 is 1.17 bits per heavy atom. The number of benzene rings is 2. The molecule has 1 N–H and O–H groups in total. The third-order valence-corrected chi connectivity index (χ3v) is 5.35. The maximum absolute atomic E-state index is 13.1. The Morgan fingerprint density at radius 3 is 2.66 bits per heavy atom. The number of nitrogens with zero attached hydrogens (tertiary/aromatic N) is 1. The highest BCUT2D eigenvalue weighted by Gasteiger charge is 2.25. The molecule has 2 aromatic carbocycles. The third kappa shape index (κ3) is 4.16. The third-order valence-electron chi connectivity index (χ3n) is 3.97. The number of para-hydroxylation sites is 1. The molecule has 0 amide bonds. The monoisotopic (exact) mass is 418 g/mol. The van der Waals surface area contributed by atoms with Crippen molar-refractivity contribution in [3.8, 4) is 11.5 Å². The van der Waals surface area contributed by atoms with Crippen LogP contribution in [0.3, 0.4) is 0 Å². The second-order valence-corrected chi connectivity index (χ2v) is 7.37. The molecule has 0 unspecified atom stereocenters. The molecule has 0 bridgehead atoms. The minimum Gasteiger partial charge on any atom is -0.493 e. The van der Waals surface area contributed by atoms with Gasteiger partial charge in [0.25, 0.3) is 10.0 Å². The molecule has 10 heteroatoms. The second-order valence-electron chi connectivity index (χ2n) is 5.72. The highest BCUT2D eigenvalue weighted by molar-refractivity contribution is 7.92. The Morgan fingerprint density at radius 2 is 1.97 bits per heavy atom. The quantitative estimate of drug-likeness (QED) is 0.460. The topological polar surface area (TPSA) is 117 Å². The molecule has 9 nitrogen and oxygen atoms in total. The number of sulfonamides is 1. The van der Waals surface area contributed by atoms with Crippen LogP contribution in [0.4, 0.5) is 5.69 Å². The van der Waals surface area contributed by atoms with Crippen LogP contribution < -0.4 is 14.2 Å². The first-order valence-electron chi connectivity index (χ1n) is 8.26. The number of nitrogens with one attached hydrogen (secondary N) is 1. The van der Waals surface area contributed by atoms with Crippen molar-refractivity contribution in [3.63, 3.8) is 0 Å². The summed E-state index contributed by atoms with van der Waals surface area (Å²) in [5.41, 5.74) is 1.44. The lowest BCUT2D eigenvalue weighted by atomic mass is 10.2. The number of fused-ring (bicyclic) bond motifs is 1. The van der Waals surface area contributed by atoms with Gasteiger partial charge in [-0.2, -0.15) is 0 Å². The van der Waals surface area contributed by atoms with Crippen molar-refractivity contribution in [2.45, 2.75) is 4.90 Å². The normalized spacial score (nSPS) is 11.6. The Balaban J connectivity index is 2.10. The molecule has 0 atom stereocenters. The van der Waals surface area contributed by atoms with Gasteiger partial charge in [0, 0.05) is 6.08 Å². The molecular weight excluding hydrogens is 400 g/mol. The second kappa shape index (κ2) is 8.23. The van der Waals surface area contributed by atoms with Crippen LogP contribution in [-0.4, -0.2) is 40.7 Å². The lowest BCUT2D eigenvalue weighted by Gasteiger charge is -2.15. The summed E-state index contributed by atoms with van der Waals surface area (Å²) in [7, 11) is -0.157. The number of hydrogen-bond acceptors (Lipinski definition) is 8. The molecule has 0 saturated heterocycles. The van der Waals surface area contributed by atoms with Crippen molar-refractivity contribution in [3.05, 3.63) is 48.4 Å². The van der Waals surface area contributed by atoms with Crippen LogP contribution in [0.25, 0.3) is 17.2 Å². The zero-order valence-corrected chi connectivity index (χ0v) is 16.6. The van der Waals surface area contributed by atoms with Gasteiger partial charge in [0.15, 0.2) is 23.5 Å². The van der Waals surface area contributed by atoms with Gasteiger partial charge in [-0.3, -0.25) is 4.72 Å². The van der Waals surface area contributed by atoms with Gasteiger partial charge >= 0.3 is 5.97 Å². The summed E-state index contributed by atoms with van der Waals surface area (Å²) in [6.07, 6.45) is 3.80. The summed E-state index contributed by atoms with van der Waals surface area (Å²) >= 11 is 0. The lowest BCUT2D eigenvalue weighted by Crippen LogP contribution is -2.15. The first-order valence-corrected chi connectivity index (χ1v) is 9.75. The predicted octanol–water partition coefficient (Wildman–Crippen LogP) is 2.83. The zero-order chi connectivity index (χ0) is 21.0. The standard InChI is InChI=1S/C19H18N2O7S/c1-25-15-9-12(7-8-17(22)26-2)10-16(19(15)27-3)29(23,24)21-13-5-4-6-14-18(13)20-11-28-14/h4-11,21H,1-3H3. The van der Waals surface area contributed by atoms with Crippen LogP contribution in [0.1, 0.15) is 5.56 Å². The molecule has 0 aliphatic rings. The number of rotatable bonds is 7. The first kappa shape index (κ1) is 20.2. The van der Waals surface area contributed by atoms with E-state index in [-0.39, 0.29) is 22.1 Å². The van der Waals surface area contributed by atoms with E-state index in [2.05, 4.69) is 14.4 Å². The van der Waals surface area contributed by atoms with Crippen LogP contribution >= 0.6 is 0 Å². The molecule has 0 saturated carbocycles. The summed E-state index contributed by atoms with van der Waals surface area (Å²) < 4.78 is 49.1. The van der Waals surface area contributed by atoms with Crippen molar-refractivity contribution >= 4 is 38.9 Å². The van der Waals surface area contributed by atoms with Crippen LogP contribution in [-0.2, 0) is 19.6 Å². The van der Waals surface area contributed by atoms with Crippen molar-refractivity contribution in [1.82, 2.24) is 4.98 Å². The van der Waals surface area contributed by atoms with Crippen LogP contribution in [0.5, 0.6) is 11.5 Å². The number of esters is 1. The first-order chi connectivity index (χ1) is 13.9. The molecule has 0 spiro atoms. The number of anilines is 1. The number of ether oxygens (including phenoxy) is 3. The number of carbonyl (C=O) groups excluding carboxylic acids is 1. The van der Waals surface area contributed by atoms with Crippen LogP contribution in [0.2, 0.25) is 0 Å². The molecule has 3 rings (SSSR count). The van der Waals surface area contributed by atoms with Gasteiger partial charge in [0.05, 0.1) is 27.0 Å². The van der Waals surface area contributed by atoms with Crippen molar-refractivity contribution < 1.29 is 31.8 Å². The molecule has 0 fully saturated rings. The Hall–Kier alpha value is -3.53. The summed E-state index contributed by atoms with van der Waals surface area (Å²) in [5, 5.41) is 0. The molecule has 0 radical (unpaired) electrons. The van der Waals surface area contributed by atoms with Crippen LogP contribution in [0, 0.1) is 0 Å². The minimum atomic E-state index is -4.11. The zero-order valence-electron chi connectivity index (χ0n) is 15.8. The molecular formula is C19H18N2O7S. The van der Waals surface area contributed by atoms with Gasteiger partial charge in [-0.15, -0.1) is 0 Å². The maximum atomic E-state index is 13.1. The number of methoxy groups -OCH3 is 3. The van der Waals surface area contributed by atoms with E-state index in [1.54, 1.807) is 18.2 Å². The summed E-state index contributed by atoms with van der Waals surface area (Å²) in [4.78, 5) is 15.2. The molecule has 3 aromatic rings. The molecule has 1 aromatic heterocycles. The van der Waals surface area contributed by atoms with Gasteiger partial charge in [-0.1, -0.05) is 6.07 Å². The SMILES string of the molecule is COC(=O)C=Cc1cc(OC)c(OC)c(S(=O)(=O)Nc2cccc3ocnc23)c1. The average molecular weight is 418 g/mol. The van der Waals surface area contributed by atoms with Crippen molar-refractivity contribution in [2.24, 2.45) is 0 Å². The Kier molecular flexibility index (Phi) is 5.74. The van der Waals surface area contributed by atoms with E-state index in [0.717, 1.165) is 0 Å². The average Bonchev–Trinajstić information content (AvgIpc) is 3.20. The largest absolute Gasteiger partial charge is 0.493 e. The summed E-state index contributed by atoms with van der Waals surface area (Å²) in [6, 6.07) is 7.76. The van der Waals surface area contributed by atoms with E-state index in [0.29, 0.717) is 16.7 Å². The fourth-order valence-corrected chi connectivity index (χ4v) is 3.93.